The quantitative estimate of drug-likeness (QED) is 0.325. The number of carbonyl (C=O) groups is 1. The molecule has 1 saturated carbocycles. The van der Waals surface area contributed by atoms with Crippen molar-refractivity contribution in [3.8, 4) is 0 Å². The van der Waals surface area contributed by atoms with Crippen LogP contribution in [0.1, 0.15) is 84.5 Å². The Morgan fingerprint density at radius 1 is 1.04 bits per heavy atom. The summed E-state index contributed by atoms with van der Waals surface area (Å²) in [6.07, 6.45) is 14.9. The molecule has 144 valence electrons. The highest BCUT2D eigenvalue weighted by atomic mass is 32.2. The number of Topliss-reactive ketones (excluding diaryl/α,β-unsaturated/α-hetero) is 1. The summed E-state index contributed by atoms with van der Waals surface area (Å²) in [5.74, 6) is 1.17. The molecule has 6 heteroatoms. The van der Waals surface area contributed by atoms with Gasteiger partial charge in [0.05, 0.1) is 16.4 Å². The maximum atomic E-state index is 11.8. The second-order valence-corrected chi connectivity index (χ2v) is 10.6. The lowest BCUT2D eigenvalue weighted by atomic mass is 10.0. The molecule has 0 aromatic heterocycles. The highest BCUT2D eigenvalue weighted by Gasteiger charge is 2.29. The Morgan fingerprint density at radius 2 is 1.62 bits per heavy atom. The van der Waals surface area contributed by atoms with Crippen LogP contribution in [0.2, 0.25) is 0 Å². The van der Waals surface area contributed by atoms with Crippen LogP contribution in [0.15, 0.2) is 0 Å². The first-order chi connectivity index (χ1) is 11.3. The smallest absolute Gasteiger partial charge is 0.181 e. The van der Waals surface area contributed by atoms with E-state index in [9.17, 15) is 17.8 Å². The van der Waals surface area contributed by atoms with Crippen molar-refractivity contribution in [2.24, 2.45) is 0 Å². The van der Waals surface area contributed by atoms with Crippen LogP contribution in [0.4, 0.5) is 0 Å². The second kappa shape index (κ2) is 14.1. The molecule has 0 spiro atoms. The normalized spacial score (nSPS) is 17.0. The predicted molar refractivity (Wildman–Crippen MR) is 104 cm³/mol. The minimum Gasteiger partial charge on any atom is -0.748 e. The second-order valence-electron chi connectivity index (χ2n) is 6.71. The highest BCUT2D eigenvalue weighted by Crippen LogP contribution is 2.24. The standard InChI is InChI=1S/C14H27OS.C4H10O3S/c1-3-4-6-9-13(15)12-16(2)14-10-7-5-8-11-14;1-2-3-4-8(5,6)7/h14H,3-12H2,1-2H3;2-4H2,1H3,(H,5,6,7)/q+1;/p-1. The van der Waals surface area contributed by atoms with Crippen molar-refractivity contribution in [2.75, 3.05) is 17.8 Å². The summed E-state index contributed by atoms with van der Waals surface area (Å²) < 4.78 is 29.5. The van der Waals surface area contributed by atoms with Crippen LogP contribution < -0.4 is 0 Å². The van der Waals surface area contributed by atoms with Gasteiger partial charge in [-0.2, -0.15) is 0 Å². The van der Waals surface area contributed by atoms with E-state index in [0.717, 1.165) is 30.3 Å². The van der Waals surface area contributed by atoms with Crippen molar-refractivity contribution in [1.82, 2.24) is 0 Å². The van der Waals surface area contributed by atoms with Crippen LogP contribution in [0.3, 0.4) is 0 Å². The number of rotatable bonds is 10. The minimum atomic E-state index is -3.94. The SMILES string of the molecule is CCCCCC(=O)C[S+](C)C1CCCCC1.CCCCS(=O)(=O)[O-]. The van der Waals surface area contributed by atoms with Crippen LogP contribution in [0, 0.1) is 0 Å². The molecule has 0 heterocycles. The van der Waals surface area contributed by atoms with Crippen molar-refractivity contribution in [3.63, 3.8) is 0 Å². The fraction of sp³-hybridized carbons (Fsp3) is 0.944. The number of carbonyl (C=O) groups excluding carboxylic acids is 1. The number of ketones is 1. The van der Waals surface area contributed by atoms with E-state index in [1.54, 1.807) is 0 Å². The molecule has 0 amide bonds. The van der Waals surface area contributed by atoms with E-state index in [0.29, 0.717) is 23.1 Å². The first kappa shape index (κ1) is 23.9. The Labute approximate surface area is 152 Å². The Balaban J connectivity index is 0.000000561. The molecule has 24 heavy (non-hydrogen) atoms. The number of unbranched alkanes of at least 4 members (excludes halogenated alkanes) is 3. The average Bonchev–Trinajstić information content (AvgIpc) is 2.54. The fourth-order valence-corrected chi connectivity index (χ4v) is 5.47. The van der Waals surface area contributed by atoms with E-state index >= 15 is 0 Å². The Morgan fingerprint density at radius 3 is 2.08 bits per heavy atom. The van der Waals surface area contributed by atoms with Gasteiger partial charge in [-0.25, -0.2) is 8.42 Å². The third kappa shape index (κ3) is 14.3. The van der Waals surface area contributed by atoms with Crippen LogP contribution in [0.5, 0.6) is 0 Å². The van der Waals surface area contributed by atoms with Gasteiger partial charge in [-0.1, -0.05) is 39.5 Å². The van der Waals surface area contributed by atoms with Crippen molar-refractivity contribution in [1.29, 1.82) is 0 Å². The van der Waals surface area contributed by atoms with Gasteiger partial charge in [-0.3, -0.25) is 4.79 Å². The molecule has 1 fully saturated rings. The molecule has 1 aliphatic carbocycles. The molecule has 0 bridgehead atoms. The van der Waals surface area contributed by atoms with E-state index < -0.39 is 10.1 Å². The van der Waals surface area contributed by atoms with Gasteiger partial charge in [0, 0.05) is 12.2 Å². The van der Waals surface area contributed by atoms with E-state index in [-0.39, 0.29) is 5.75 Å². The van der Waals surface area contributed by atoms with Crippen molar-refractivity contribution in [3.05, 3.63) is 0 Å². The van der Waals surface area contributed by atoms with E-state index in [2.05, 4.69) is 13.2 Å². The Bertz CT molecular complexity index is 415. The molecule has 1 atom stereocenters. The zero-order valence-electron chi connectivity index (χ0n) is 15.7. The molecular formula is C18H36O4S2. The van der Waals surface area contributed by atoms with Gasteiger partial charge < -0.3 is 4.55 Å². The van der Waals surface area contributed by atoms with Gasteiger partial charge in [-0.05, 0) is 49.4 Å². The largest absolute Gasteiger partial charge is 0.748 e. The maximum Gasteiger partial charge on any atom is 0.181 e. The van der Waals surface area contributed by atoms with Crippen LogP contribution in [0.25, 0.3) is 0 Å². The zero-order chi connectivity index (χ0) is 18.4. The summed E-state index contributed by atoms with van der Waals surface area (Å²) in [6, 6.07) is 0. The first-order valence-corrected chi connectivity index (χ1v) is 12.8. The third-order valence-corrected chi connectivity index (χ3v) is 7.49. The van der Waals surface area contributed by atoms with Crippen LogP contribution in [-0.2, 0) is 25.8 Å². The monoisotopic (exact) mass is 380 g/mol. The molecule has 4 nitrogen and oxygen atoms in total. The summed E-state index contributed by atoms with van der Waals surface area (Å²) in [6.45, 7) is 4.03. The fourth-order valence-electron chi connectivity index (χ4n) is 2.80. The predicted octanol–water partition coefficient (Wildman–Crippen LogP) is 4.05. The molecule has 0 saturated heterocycles. The molecular weight excluding hydrogens is 344 g/mol. The summed E-state index contributed by atoms with van der Waals surface area (Å²) in [4.78, 5) is 11.8. The van der Waals surface area contributed by atoms with E-state index in [4.69, 9.17) is 0 Å². The molecule has 0 aliphatic heterocycles. The Hall–Kier alpha value is -0.0700. The van der Waals surface area contributed by atoms with Gasteiger partial charge in [0.15, 0.2) is 11.5 Å². The molecule has 1 aliphatic rings. The third-order valence-electron chi connectivity index (χ3n) is 4.32. The summed E-state index contributed by atoms with van der Waals surface area (Å²) >= 11 is 0. The Kier molecular flexibility index (Phi) is 14.1. The maximum absolute atomic E-state index is 11.8. The molecule has 1 unspecified atom stereocenters. The summed E-state index contributed by atoms with van der Waals surface area (Å²) in [5, 5.41) is 0.865. The summed E-state index contributed by atoms with van der Waals surface area (Å²) in [7, 11) is -3.58. The molecule has 0 radical (unpaired) electrons. The van der Waals surface area contributed by atoms with Crippen LogP contribution >= 0.6 is 0 Å². The van der Waals surface area contributed by atoms with E-state index in [1.165, 1.54) is 44.9 Å². The van der Waals surface area contributed by atoms with Crippen molar-refractivity contribution in [2.45, 2.75) is 89.7 Å². The molecule has 0 aromatic rings. The van der Waals surface area contributed by atoms with Crippen molar-refractivity contribution >= 4 is 26.8 Å². The van der Waals surface area contributed by atoms with Gasteiger partial charge in [0.2, 0.25) is 0 Å². The van der Waals surface area contributed by atoms with E-state index in [1.807, 2.05) is 6.92 Å². The van der Waals surface area contributed by atoms with Crippen LogP contribution in [-0.4, -0.2) is 41.8 Å². The minimum absolute atomic E-state index is 0.219. The lowest BCUT2D eigenvalue weighted by Crippen LogP contribution is -2.29. The molecule has 0 aromatic carbocycles. The first-order valence-electron chi connectivity index (χ1n) is 9.36. The van der Waals surface area contributed by atoms with Gasteiger partial charge in [-0.15, -0.1) is 0 Å². The van der Waals surface area contributed by atoms with Gasteiger partial charge >= 0.3 is 0 Å². The lowest BCUT2D eigenvalue weighted by Gasteiger charge is -2.20. The zero-order valence-corrected chi connectivity index (χ0v) is 17.4. The number of hydrogen-bond donors (Lipinski definition) is 0. The average molecular weight is 381 g/mol. The van der Waals surface area contributed by atoms with Gasteiger partial charge in [0.1, 0.15) is 5.25 Å². The topological polar surface area (TPSA) is 74.3 Å². The molecule has 1 rings (SSSR count). The summed E-state index contributed by atoms with van der Waals surface area (Å²) in [5.41, 5.74) is 0. The van der Waals surface area contributed by atoms with Crippen molar-refractivity contribution < 1.29 is 17.8 Å². The lowest BCUT2D eigenvalue weighted by molar-refractivity contribution is -0.116. The molecule has 0 N–H and O–H groups in total. The highest BCUT2D eigenvalue weighted by molar-refractivity contribution is 7.97. The number of hydrogen-bond acceptors (Lipinski definition) is 4. The van der Waals surface area contributed by atoms with Gasteiger partial charge in [0.25, 0.3) is 0 Å².